The Hall–Kier alpha value is -0.541. The summed E-state index contributed by atoms with van der Waals surface area (Å²) < 4.78 is 0. The molecule has 0 amide bonds. The molecule has 0 bridgehead atoms. The summed E-state index contributed by atoms with van der Waals surface area (Å²) in [7, 11) is 0. The molecule has 0 spiro atoms. The number of carboxylic acids is 2. The predicted molar refractivity (Wildman–Crippen MR) is 12.6 cm³/mol. The molecule has 0 aliphatic rings. The van der Waals surface area contributed by atoms with E-state index in [4.69, 9.17) is 19.8 Å². The van der Waals surface area contributed by atoms with E-state index in [1.807, 2.05) is 0 Å². The first-order valence-electron chi connectivity index (χ1n) is 1.09. The van der Waals surface area contributed by atoms with Crippen molar-refractivity contribution in [2.24, 2.45) is 0 Å². The molecule has 0 rings (SSSR count). The monoisotopic (exact) mass is 152 g/mol. The number of aliphatic carboxylic acids is 2. The van der Waals surface area contributed by atoms with Gasteiger partial charge in [0.05, 0.1) is 0 Å². The Balaban J connectivity index is 0. The molecule has 0 unspecified atom stereocenters. The Morgan fingerprint density at radius 1 is 1.43 bits per heavy atom. The van der Waals surface area contributed by atoms with Gasteiger partial charge in [0.1, 0.15) is 0 Å². The van der Waals surface area contributed by atoms with Crippen LogP contribution in [0.2, 0.25) is 0 Å². The Morgan fingerprint density at radius 2 is 1.57 bits per heavy atom. The molecule has 7 heavy (non-hydrogen) atoms. The Kier molecular flexibility index (Phi) is 5.04. The van der Waals surface area contributed by atoms with Gasteiger partial charge >= 0.3 is 23.0 Å². The first-order chi connectivity index (χ1) is 2.64. The summed E-state index contributed by atoms with van der Waals surface area (Å²) in [5, 5.41) is 16.3. The molecule has 0 fully saturated rings. The van der Waals surface area contributed by atoms with Gasteiger partial charge in [0.15, 0.2) is 5.97 Å². The molecule has 0 saturated heterocycles. The van der Waals surface area contributed by atoms with Gasteiger partial charge in [-0.25, -0.2) is 4.79 Å². The topological polar surface area (TPSA) is 77.4 Å². The summed E-state index contributed by atoms with van der Waals surface area (Å²) in [4.78, 5) is 18.0. The van der Waals surface area contributed by atoms with Crippen molar-refractivity contribution in [3.8, 4) is 0 Å². The standard InChI is InChI=1S/C2H2O4.Cu/c3-1(4)2(5)6;/h(H,3,4)(H,5,6);/q;+1/p-1. The maximum absolute atomic E-state index is 9.04. The normalized spacial score (nSPS) is 6.29. The smallest absolute Gasteiger partial charge is 0.539 e. The molecule has 0 atom stereocenters. The Morgan fingerprint density at radius 3 is 1.57 bits per heavy atom. The van der Waals surface area contributed by atoms with Crippen LogP contribution in [-0.2, 0) is 26.7 Å². The fourth-order valence-corrected chi connectivity index (χ4v) is 0. The molecule has 5 heteroatoms. The van der Waals surface area contributed by atoms with Crippen molar-refractivity contribution >= 4 is 11.9 Å². The Labute approximate surface area is 49.6 Å². The minimum absolute atomic E-state index is 0. The van der Waals surface area contributed by atoms with Gasteiger partial charge in [-0.1, -0.05) is 0 Å². The third kappa shape index (κ3) is 5.46. The summed E-state index contributed by atoms with van der Waals surface area (Å²) in [5.74, 6) is -4.01. The van der Waals surface area contributed by atoms with E-state index in [0.717, 1.165) is 0 Å². The molecule has 0 radical (unpaired) electrons. The van der Waals surface area contributed by atoms with Crippen LogP contribution in [-0.4, -0.2) is 17.0 Å². The van der Waals surface area contributed by atoms with E-state index >= 15 is 0 Å². The largest absolute Gasteiger partial charge is 1.00 e. The molecule has 0 aliphatic carbocycles. The van der Waals surface area contributed by atoms with E-state index in [0.29, 0.717) is 0 Å². The molecule has 0 aliphatic heterocycles. The third-order valence-electron chi connectivity index (χ3n) is 0.175. The fraction of sp³-hybridized carbons (Fsp3) is 0. The summed E-state index contributed by atoms with van der Waals surface area (Å²) >= 11 is 0. The average molecular weight is 153 g/mol. The molecule has 4 nitrogen and oxygen atoms in total. The van der Waals surface area contributed by atoms with Crippen LogP contribution in [0, 0.1) is 0 Å². The first-order valence-corrected chi connectivity index (χ1v) is 1.09. The Bertz CT molecular complexity index is 75.7. The summed E-state index contributed by atoms with van der Waals surface area (Å²) in [6, 6.07) is 0. The van der Waals surface area contributed by atoms with Gasteiger partial charge in [-0.05, 0) is 0 Å². The van der Waals surface area contributed by atoms with Gasteiger partial charge in [-0.3, -0.25) is 0 Å². The van der Waals surface area contributed by atoms with Crippen LogP contribution in [0.3, 0.4) is 0 Å². The first kappa shape index (κ1) is 9.68. The predicted octanol–water partition coefficient (Wildman–Crippen LogP) is -2.18. The molecule has 44 valence electrons. The molecule has 0 aromatic rings. The van der Waals surface area contributed by atoms with E-state index < -0.39 is 11.9 Å². The van der Waals surface area contributed by atoms with Crippen LogP contribution in [0.1, 0.15) is 0 Å². The molecule has 1 N–H and O–H groups in total. The second-order valence-electron chi connectivity index (χ2n) is 0.593. The zero-order valence-electron chi connectivity index (χ0n) is 2.97. The zero-order chi connectivity index (χ0) is 5.15. The van der Waals surface area contributed by atoms with Gasteiger partial charge in [-0.15, -0.1) is 0 Å². The number of rotatable bonds is 0. The van der Waals surface area contributed by atoms with E-state index in [9.17, 15) is 0 Å². The number of carbonyl (C=O) groups excluding carboxylic acids is 1. The molecular formula is C2HCuO4. The quantitative estimate of drug-likeness (QED) is 0.316. The SMILES string of the molecule is O=C([O-])C(=O)O.[Cu+]. The van der Waals surface area contributed by atoms with E-state index in [2.05, 4.69) is 0 Å². The molecule has 0 aromatic carbocycles. The number of carbonyl (C=O) groups is 2. The molecule has 0 aromatic heterocycles. The van der Waals surface area contributed by atoms with Gasteiger partial charge < -0.3 is 15.0 Å². The maximum atomic E-state index is 9.04. The van der Waals surface area contributed by atoms with Crippen LogP contribution in [0.15, 0.2) is 0 Å². The third-order valence-corrected chi connectivity index (χ3v) is 0.175. The minimum Gasteiger partial charge on any atom is -0.539 e. The maximum Gasteiger partial charge on any atom is 1.00 e. The van der Waals surface area contributed by atoms with Gasteiger partial charge in [0.2, 0.25) is 0 Å². The minimum atomic E-state index is -2.07. The van der Waals surface area contributed by atoms with Crippen LogP contribution in [0.4, 0.5) is 0 Å². The zero-order valence-corrected chi connectivity index (χ0v) is 3.92. The summed E-state index contributed by atoms with van der Waals surface area (Å²) in [5.41, 5.74) is 0. The van der Waals surface area contributed by atoms with Crippen LogP contribution >= 0.6 is 0 Å². The second-order valence-corrected chi connectivity index (χ2v) is 0.593. The average Bonchev–Trinajstić information content (AvgIpc) is 1.36. The van der Waals surface area contributed by atoms with Crippen molar-refractivity contribution in [3.05, 3.63) is 0 Å². The fourth-order valence-electron chi connectivity index (χ4n) is 0. The van der Waals surface area contributed by atoms with Gasteiger partial charge in [-0.2, -0.15) is 0 Å². The number of hydrogen-bond acceptors (Lipinski definition) is 3. The summed E-state index contributed by atoms with van der Waals surface area (Å²) in [6.07, 6.45) is 0. The van der Waals surface area contributed by atoms with Crippen molar-refractivity contribution in [2.75, 3.05) is 0 Å². The summed E-state index contributed by atoms with van der Waals surface area (Å²) in [6.45, 7) is 0. The van der Waals surface area contributed by atoms with E-state index in [-0.39, 0.29) is 17.1 Å². The molecular weight excluding hydrogens is 152 g/mol. The molecule has 0 heterocycles. The van der Waals surface area contributed by atoms with Crippen molar-refractivity contribution < 1.29 is 36.9 Å². The van der Waals surface area contributed by atoms with Crippen molar-refractivity contribution in [3.63, 3.8) is 0 Å². The van der Waals surface area contributed by atoms with Crippen molar-refractivity contribution in [1.82, 2.24) is 0 Å². The number of hydrogen-bond donors (Lipinski definition) is 1. The van der Waals surface area contributed by atoms with Crippen LogP contribution < -0.4 is 5.11 Å². The van der Waals surface area contributed by atoms with Crippen molar-refractivity contribution in [1.29, 1.82) is 0 Å². The second kappa shape index (κ2) is 3.64. The van der Waals surface area contributed by atoms with Gasteiger partial charge in [0.25, 0.3) is 0 Å². The van der Waals surface area contributed by atoms with E-state index in [1.54, 1.807) is 0 Å². The molecule has 0 saturated carbocycles. The van der Waals surface area contributed by atoms with Crippen molar-refractivity contribution in [2.45, 2.75) is 0 Å². The van der Waals surface area contributed by atoms with Gasteiger partial charge in [0, 0.05) is 0 Å². The van der Waals surface area contributed by atoms with E-state index in [1.165, 1.54) is 0 Å². The van der Waals surface area contributed by atoms with Crippen LogP contribution in [0.5, 0.6) is 0 Å². The number of carboxylic acid groups (broad SMARTS) is 2. The van der Waals surface area contributed by atoms with Crippen LogP contribution in [0.25, 0.3) is 0 Å².